The summed E-state index contributed by atoms with van der Waals surface area (Å²) in [4.78, 5) is 27.5. The van der Waals surface area contributed by atoms with Gasteiger partial charge in [0, 0.05) is 30.2 Å². The molecular weight excluding hydrogens is 357 g/mol. The Morgan fingerprint density at radius 2 is 1.29 bits per heavy atom. The van der Waals surface area contributed by atoms with E-state index in [0.29, 0.717) is 11.4 Å². The standard InChI is InChI=1S/C22H26FN3O2/c1-22(2,20(27)24-17-8-6-16(23)7-9-17)21(28)25-18-10-12-19(13-11-18)26-14-4-3-5-15-26/h6-13H,3-5,14-15H2,1-2H3,(H,24,27)(H,25,28). The van der Waals surface area contributed by atoms with E-state index in [1.165, 1.54) is 43.5 Å². The number of hydrogen-bond acceptors (Lipinski definition) is 3. The highest BCUT2D eigenvalue weighted by atomic mass is 19.1. The summed E-state index contributed by atoms with van der Waals surface area (Å²) in [7, 11) is 0. The summed E-state index contributed by atoms with van der Waals surface area (Å²) in [5.74, 6) is -1.25. The molecule has 0 saturated carbocycles. The van der Waals surface area contributed by atoms with Gasteiger partial charge in [-0.2, -0.15) is 0 Å². The molecule has 2 aromatic carbocycles. The van der Waals surface area contributed by atoms with Gasteiger partial charge in [-0.1, -0.05) is 0 Å². The van der Waals surface area contributed by atoms with Gasteiger partial charge in [-0.05, 0) is 81.6 Å². The first-order valence-electron chi connectivity index (χ1n) is 9.60. The third-order valence-corrected chi connectivity index (χ3v) is 5.08. The summed E-state index contributed by atoms with van der Waals surface area (Å²) in [6.45, 7) is 5.23. The molecule has 0 unspecified atom stereocenters. The summed E-state index contributed by atoms with van der Waals surface area (Å²) >= 11 is 0. The van der Waals surface area contributed by atoms with Gasteiger partial charge >= 0.3 is 0 Å². The number of nitrogens with one attached hydrogen (secondary N) is 2. The summed E-state index contributed by atoms with van der Waals surface area (Å²) in [5, 5.41) is 5.46. The van der Waals surface area contributed by atoms with Gasteiger partial charge in [0.15, 0.2) is 0 Å². The van der Waals surface area contributed by atoms with Crippen LogP contribution in [0.1, 0.15) is 33.1 Å². The lowest BCUT2D eigenvalue weighted by atomic mass is 9.90. The average Bonchev–Trinajstić information content (AvgIpc) is 2.71. The molecule has 2 N–H and O–H groups in total. The minimum Gasteiger partial charge on any atom is -0.372 e. The van der Waals surface area contributed by atoms with Crippen molar-refractivity contribution in [3.05, 3.63) is 54.3 Å². The molecule has 148 valence electrons. The monoisotopic (exact) mass is 383 g/mol. The Kier molecular flexibility index (Phi) is 5.97. The van der Waals surface area contributed by atoms with Gasteiger partial charge in [0.1, 0.15) is 11.2 Å². The molecule has 1 fully saturated rings. The van der Waals surface area contributed by atoms with E-state index in [1.807, 2.05) is 24.3 Å². The zero-order valence-electron chi connectivity index (χ0n) is 16.3. The van der Waals surface area contributed by atoms with Crippen molar-refractivity contribution in [3.63, 3.8) is 0 Å². The number of piperidine rings is 1. The second kappa shape index (κ2) is 8.42. The first-order valence-corrected chi connectivity index (χ1v) is 9.60. The highest BCUT2D eigenvalue weighted by molar-refractivity contribution is 6.14. The molecule has 6 heteroatoms. The van der Waals surface area contributed by atoms with E-state index < -0.39 is 17.2 Å². The van der Waals surface area contributed by atoms with Crippen molar-refractivity contribution in [1.29, 1.82) is 0 Å². The first-order chi connectivity index (χ1) is 13.4. The van der Waals surface area contributed by atoms with Crippen LogP contribution < -0.4 is 15.5 Å². The lowest BCUT2D eigenvalue weighted by Crippen LogP contribution is -2.41. The van der Waals surface area contributed by atoms with Crippen LogP contribution in [0.5, 0.6) is 0 Å². The maximum atomic E-state index is 13.0. The molecule has 0 aromatic heterocycles. The predicted molar refractivity (Wildman–Crippen MR) is 110 cm³/mol. The summed E-state index contributed by atoms with van der Waals surface area (Å²) in [5.41, 5.74) is 0.942. The van der Waals surface area contributed by atoms with Gasteiger partial charge in [-0.15, -0.1) is 0 Å². The summed E-state index contributed by atoms with van der Waals surface area (Å²) < 4.78 is 13.0. The number of benzene rings is 2. The Hall–Kier alpha value is -2.89. The Balaban J connectivity index is 1.61. The number of halogens is 1. The van der Waals surface area contributed by atoms with Crippen LogP contribution in [0, 0.1) is 11.2 Å². The van der Waals surface area contributed by atoms with Crippen LogP contribution in [0.25, 0.3) is 0 Å². The molecule has 2 aromatic rings. The second-order valence-electron chi connectivity index (χ2n) is 7.63. The van der Waals surface area contributed by atoms with Gasteiger partial charge in [-0.25, -0.2) is 4.39 Å². The molecule has 5 nitrogen and oxygen atoms in total. The number of rotatable bonds is 5. The quantitative estimate of drug-likeness (QED) is 0.752. The fraction of sp³-hybridized carbons (Fsp3) is 0.364. The van der Waals surface area contributed by atoms with E-state index in [1.54, 1.807) is 13.8 Å². The molecule has 28 heavy (non-hydrogen) atoms. The maximum absolute atomic E-state index is 13.0. The third-order valence-electron chi connectivity index (χ3n) is 5.08. The van der Waals surface area contributed by atoms with Crippen molar-refractivity contribution in [2.45, 2.75) is 33.1 Å². The largest absolute Gasteiger partial charge is 0.372 e. The molecule has 0 aliphatic carbocycles. The van der Waals surface area contributed by atoms with Crippen molar-refractivity contribution in [3.8, 4) is 0 Å². The van der Waals surface area contributed by atoms with Crippen LogP contribution in [0.15, 0.2) is 48.5 Å². The fourth-order valence-corrected chi connectivity index (χ4v) is 3.12. The van der Waals surface area contributed by atoms with E-state index in [-0.39, 0.29) is 5.82 Å². The number of nitrogens with zero attached hydrogens (tertiary/aromatic N) is 1. The van der Waals surface area contributed by atoms with Gasteiger partial charge in [0.25, 0.3) is 0 Å². The van der Waals surface area contributed by atoms with Crippen molar-refractivity contribution in [2.24, 2.45) is 5.41 Å². The van der Waals surface area contributed by atoms with Crippen LogP contribution in [0.2, 0.25) is 0 Å². The van der Waals surface area contributed by atoms with Crippen molar-refractivity contribution in [1.82, 2.24) is 0 Å². The van der Waals surface area contributed by atoms with E-state index in [0.717, 1.165) is 18.8 Å². The van der Waals surface area contributed by atoms with Crippen molar-refractivity contribution in [2.75, 3.05) is 28.6 Å². The van der Waals surface area contributed by atoms with Crippen LogP contribution in [0.4, 0.5) is 21.5 Å². The normalized spacial score (nSPS) is 14.5. The third kappa shape index (κ3) is 4.68. The second-order valence-corrected chi connectivity index (χ2v) is 7.63. The van der Waals surface area contributed by atoms with Crippen molar-refractivity contribution >= 4 is 28.9 Å². The molecule has 3 rings (SSSR count). The van der Waals surface area contributed by atoms with Gasteiger partial charge in [0.05, 0.1) is 0 Å². The molecule has 0 spiro atoms. The van der Waals surface area contributed by atoms with E-state index in [2.05, 4.69) is 15.5 Å². The topological polar surface area (TPSA) is 61.4 Å². The van der Waals surface area contributed by atoms with Crippen LogP contribution in [-0.2, 0) is 9.59 Å². The van der Waals surface area contributed by atoms with Crippen LogP contribution in [0.3, 0.4) is 0 Å². The maximum Gasteiger partial charge on any atom is 0.239 e. The molecule has 2 amide bonds. The fourth-order valence-electron chi connectivity index (χ4n) is 3.12. The Bertz CT molecular complexity index is 826. The van der Waals surface area contributed by atoms with Crippen LogP contribution in [-0.4, -0.2) is 24.9 Å². The highest BCUT2D eigenvalue weighted by Gasteiger charge is 2.36. The SMILES string of the molecule is CC(C)(C(=O)Nc1ccc(F)cc1)C(=O)Nc1ccc(N2CCCCC2)cc1. The van der Waals surface area contributed by atoms with Gasteiger partial charge < -0.3 is 15.5 Å². The van der Waals surface area contributed by atoms with Crippen molar-refractivity contribution < 1.29 is 14.0 Å². The zero-order valence-corrected chi connectivity index (χ0v) is 16.3. The Morgan fingerprint density at radius 3 is 1.79 bits per heavy atom. The molecular formula is C22H26FN3O2. The molecule has 1 saturated heterocycles. The molecule has 0 atom stereocenters. The number of amides is 2. The van der Waals surface area contributed by atoms with Crippen LogP contribution >= 0.6 is 0 Å². The zero-order chi connectivity index (χ0) is 20.1. The number of carbonyl (C=O) groups excluding carboxylic acids is 2. The Labute approximate surface area is 164 Å². The lowest BCUT2D eigenvalue weighted by Gasteiger charge is -2.29. The predicted octanol–water partition coefficient (Wildman–Crippen LogP) is 4.42. The smallest absolute Gasteiger partial charge is 0.239 e. The number of anilines is 3. The Morgan fingerprint density at radius 1 is 0.821 bits per heavy atom. The lowest BCUT2D eigenvalue weighted by molar-refractivity contribution is -0.135. The number of hydrogen-bond donors (Lipinski definition) is 2. The molecule has 1 aliphatic heterocycles. The minimum atomic E-state index is -1.29. The van der Waals surface area contributed by atoms with E-state index in [4.69, 9.17) is 0 Å². The van der Waals surface area contributed by atoms with Gasteiger partial charge in [0.2, 0.25) is 11.8 Å². The summed E-state index contributed by atoms with van der Waals surface area (Å²) in [6.07, 6.45) is 3.69. The molecule has 1 heterocycles. The summed E-state index contributed by atoms with van der Waals surface area (Å²) in [6, 6.07) is 13.1. The molecule has 1 aliphatic rings. The van der Waals surface area contributed by atoms with E-state index >= 15 is 0 Å². The first kappa shape index (κ1) is 19.9. The van der Waals surface area contributed by atoms with Gasteiger partial charge in [-0.3, -0.25) is 9.59 Å². The average molecular weight is 383 g/mol. The van der Waals surface area contributed by atoms with E-state index in [9.17, 15) is 14.0 Å². The highest BCUT2D eigenvalue weighted by Crippen LogP contribution is 2.25. The molecule has 0 bridgehead atoms. The molecule has 0 radical (unpaired) electrons. The minimum absolute atomic E-state index is 0.386. The number of carbonyl (C=O) groups is 2.